The molecule has 5 nitrogen and oxygen atoms in total. The molecule has 1 aromatic carbocycles. The van der Waals surface area contributed by atoms with E-state index in [0.29, 0.717) is 5.56 Å². The summed E-state index contributed by atoms with van der Waals surface area (Å²) in [6.45, 7) is 6.74. The van der Waals surface area contributed by atoms with E-state index in [1.807, 2.05) is 0 Å². The summed E-state index contributed by atoms with van der Waals surface area (Å²) in [4.78, 5) is 11.6. The highest BCUT2D eigenvalue weighted by Gasteiger charge is 2.27. The molecule has 1 aromatic rings. The van der Waals surface area contributed by atoms with Crippen LogP contribution < -0.4 is 11.1 Å². The SMILES string of the molecule is CC(C)(C)OC(=O)Nc1ccc(C(C)(CN)CO)c(F)c1. The third-order valence-electron chi connectivity index (χ3n) is 3.06. The van der Waals surface area contributed by atoms with Crippen LogP contribution in [-0.2, 0) is 10.2 Å². The van der Waals surface area contributed by atoms with E-state index >= 15 is 0 Å². The van der Waals surface area contributed by atoms with Crippen molar-refractivity contribution in [3.63, 3.8) is 0 Å². The van der Waals surface area contributed by atoms with Gasteiger partial charge in [0.25, 0.3) is 0 Å². The number of aliphatic hydroxyl groups is 1. The van der Waals surface area contributed by atoms with Crippen molar-refractivity contribution in [2.75, 3.05) is 18.5 Å². The summed E-state index contributed by atoms with van der Waals surface area (Å²) < 4.78 is 19.2. The van der Waals surface area contributed by atoms with Crippen LogP contribution in [0.4, 0.5) is 14.9 Å². The number of halogens is 1. The van der Waals surface area contributed by atoms with Crippen LogP contribution in [0.3, 0.4) is 0 Å². The molecule has 0 aromatic heterocycles. The van der Waals surface area contributed by atoms with Crippen molar-refractivity contribution in [1.82, 2.24) is 0 Å². The Labute approximate surface area is 124 Å². The van der Waals surface area contributed by atoms with Crippen molar-refractivity contribution in [2.24, 2.45) is 5.73 Å². The number of benzene rings is 1. The highest BCUT2D eigenvalue weighted by Crippen LogP contribution is 2.27. The first-order valence-electron chi connectivity index (χ1n) is 6.72. The van der Waals surface area contributed by atoms with Gasteiger partial charge in [0, 0.05) is 17.6 Å². The fraction of sp³-hybridized carbons (Fsp3) is 0.533. The normalized spacial score (nSPS) is 14.4. The number of anilines is 1. The van der Waals surface area contributed by atoms with Crippen molar-refractivity contribution in [3.05, 3.63) is 29.6 Å². The Kier molecular flexibility index (Phi) is 5.31. The molecule has 0 heterocycles. The van der Waals surface area contributed by atoms with Crippen LogP contribution in [0, 0.1) is 5.82 Å². The molecule has 0 saturated heterocycles. The van der Waals surface area contributed by atoms with Gasteiger partial charge in [0.05, 0.1) is 6.61 Å². The van der Waals surface area contributed by atoms with E-state index in [1.54, 1.807) is 33.8 Å². The number of hydrogen-bond donors (Lipinski definition) is 3. The van der Waals surface area contributed by atoms with Crippen molar-refractivity contribution < 1.29 is 19.0 Å². The molecule has 0 aliphatic rings. The van der Waals surface area contributed by atoms with Gasteiger partial charge in [-0.3, -0.25) is 5.32 Å². The number of nitrogens with one attached hydrogen (secondary N) is 1. The maximum absolute atomic E-state index is 14.1. The number of carbonyl (C=O) groups is 1. The largest absolute Gasteiger partial charge is 0.444 e. The van der Waals surface area contributed by atoms with Gasteiger partial charge in [0.1, 0.15) is 11.4 Å². The van der Waals surface area contributed by atoms with Crippen LogP contribution in [0.1, 0.15) is 33.3 Å². The van der Waals surface area contributed by atoms with Gasteiger partial charge in [0.15, 0.2) is 0 Å². The summed E-state index contributed by atoms with van der Waals surface area (Å²) in [5.74, 6) is -0.537. The molecule has 0 aliphatic heterocycles. The fourth-order valence-electron chi connectivity index (χ4n) is 1.76. The number of hydrogen-bond acceptors (Lipinski definition) is 4. The minimum absolute atomic E-state index is 0.110. The zero-order valence-corrected chi connectivity index (χ0v) is 12.9. The van der Waals surface area contributed by atoms with Crippen LogP contribution in [0.2, 0.25) is 0 Å². The second-order valence-electron chi connectivity index (χ2n) is 6.24. The maximum Gasteiger partial charge on any atom is 0.412 e. The van der Waals surface area contributed by atoms with E-state index in [2.05, 4.69) is 5.32 Å². The van der Waals surface area contributed by atoms with Crippen LogP contribution in [0.15, 0.2) is 18.2 Å². The van der Waals surface area contributed by atoms with E-state index in [9.17, 15) is 14.3 Å². The molecule has 21 heavy (non-hydrogen) atoms. The molecule has 0 radical (unpaired) electrons. The molecule has 0 bridgehead atoms. The topological polar surface area (TPSA) is 84.6 Å². The second-order valence-corrected chi connectivity index (χ2v) is 6.24. The Morgan fingerprint density at radius 1 is 1.38 bits per heavy atom. The van der Waals surface area contributed by atoms with Crippen molar-refractivity contribution in [3.8, 4) is 0 Å². The Morgan fingerprint density at radius 2 is 2.00 bits per heavy atom. The number of nitrogens with two attached hydrogens (primary N) is 1. The van der Waals surface area contributed by atoms with Crippen LogP contribution >= 0.6 is 0 Å². The van der Waals surface area contributed by atoms with Crippen LogP contribution in [-0.4, -0.2) is 30.0 Å². The summed E-state index contributed by atoms with van der Waals surface area (Å²) in [6.07, 6.45) is -0.654. The van der Waals surface area contributed by atoms with Gasteiger partial charge >= 0.3 is 6.09 Å². The van der Waals surface area contributed by atoms with Gasteiger partial charge in [0.2, 0.25) is 0 Å². The van der Waals surface area contributed by atoms with Gasteiger partial charge < -0.3 is 15.6 Å². The zero-order valence-electron chi connectivity index (χ0n) is 12.9. The lowest BCUT2D eigenvalue weighted by atomic mass is 9.83. The fourth-order valence-corrected chi connectivity index (χ4v) is 1.76. The van der Waals surface area contributed by atoms with Crippen LogP contribution in [0.5, 0.6) is 0 Å². The van der Waals surface area contributed by atoms with Crippen molar-refractivity contribution >= 4 is 11.8 Å². The summed E-state index contributed by atoms with van der Waals surface area (Å²) in [7, 11) is 0. The molecule has 1 atom stereocenters. The third-order valence-corrected chi connectivity index (χ3v) is 3.06. The molecule has 118 valence electrons. The first kappa shape index (κ1) is 17.4. The molecular weight excluding hydrogens is 275 g/mol. The molecule has 1 rings (SSSR count). The van der Waals surface area contributed by atoms with Gasteiger partial charge in [-0.15, -0.1) is 0 Å². The standard InChI is InChI=1S/C15H23FN2O3/c1-14(2,3)21-13(20)18-10-5-6-11(12(16)7-10)15(4,8-17)9-19/h5-7,19H,8-9,17H2,1-4H3,(H,18,20). The van der Waals surface area contributed by atoms with E-state index in [4.69, 9.17) is 10.5 Å². The average Bonchev–Trinajstić information content (AvgIpc) is 2.35. The number of carbonyl (C=O) groups excluding carboxylic acids is 1. The summed E-state index contributed by atoms with van der Waals surface area (Å²) in [5.41, 5.74) is 4.70. The molecule has 1 unspecified atom stereocenters. The van der Waals surface area contributed by atoms with E-state index < -0.39 is 22.9 Å². The minimum atomic E-state index is -0.853. The Morgan fingerprint density at radius 3 is 2.43 bits per heavy atom. The van der Waals surface area contributed by atoms with Crippen LogP contribution in [0.25, 0.3) is 0 Å². The molecule has 0 spiro atoms. The van der Waals surface area contributed by atoms with Gasteiger partial charge in [-0.25, -0.2) is 9.18 Å². The zero-order chi connectivity index (χ0) is 16.3. The predicted octanol–water partition coefficient (Wildman–Crippen LogP) is 2.38. The quantitative estimate of drug-likeness (QED) is 0.797. The predicted molar refractivity (Wildman–Crippen MR) is 79.7 cm³/mol. The number of ether oxygens (including phenoxy) is 1. The Hall–Kier alpha value is -1.66. The van der Waals surface area contributed by atoms with Crippen molar-refractivity contribution in [1.29, 1.82) is 0 Å². The summed E-state index contributed by atoms with van der Waals surface area (Å²) in [5, 5.41) is 11.8. The van der Waals surface area contributed by atoms with Gasteiger partial charge in [-0.2, -0.15) is 0 Å². The van der Waals surface area contributed by atoms with E-state index in [1.165, 1.54) is 12.1 Å². The minimum Gasteiger partial charge on any atom is -0.444 e. The Bertz CT molecular complexity index is 508. The molecule has 0 aliphatic carbocycles. The van der Waals surface area contributed by atoms with E-state index in [0.717, 1.165) is 0 Å². The lowest BCUT2D eigenvalue weighted by Gasteiger charge is -2.26. The lowest BCUT2D eigenvalue weighted by molar-refractivity contribution is 0.0636. The number of rotatable bonds is 4. The first-order chi connectivity index (χ1) is 9.61. The van der Waals surface area contributed by atoms with Gasteiger partial charge in [-0.1, -0.05) is 13.0 Å². The summed E-state index contributed by atoms with van der Waals surface area (Å²) in [6, 6.07) is 4.24. The molecule has 4 N–H and O–H groups in total. The molecule has 0 saturated carbocycles. The molecule has 1 amide bonds. The Balaban J connectivity index is 2.91. The van der Waals surface area contributed by atoms with E-state index in [-0.39, 0.29) is 18.8 Å². The molecule has 0 fully saturated rings. The monoisotopic (exact) mass is 298 g/mol. The molecular formula is C15H23FN2O3. The highest BCUT2D eigenvalue weighted by molar-refractivity contribution is 5.84. The third kappa shape index (κ3) is 4.68. The van der Waals surface area contributed by atoms with Crippen molar-refractivity contribution in [2.45, 2.75) is 38.7 Å². The molecule has 6 heteroatoms. The number of aliphatic hydroxyl groups excluding tert-OH is 1. The maximum atomic E-state index is 14.1. The lowest BCUT2D eigenvalue weighted by Crippen LogP contribution is -2.36. The number of amides is 1. The smallest absolute Gasteiger partial charge is 0.412 e. The average molecular weight is 298 g/mol. The first-order valence-corrected chi connectivity index (χ1v) is 6.72. The highest BCUT2D eigenvalue weighted by atomic mass is 19.1. The second kappa shape index (κ2) is 6.41. The summed E-state index contributed by atoms with van der Waals surface area (Å²) >= 11 is 0. The van der Waals surface area contributed by atoms with Gasteiger partial charge in [-0.05, 0) is 38.5 Å².